The molecule has 1 aromatic heterocycles. The Hall–Kier alpha value is -1.75. The predicted octanol–water partition coefficient (Wildman–Crippen LogP) is 4.29. The van der Waals surface area contributed by atoms with E-state index >= 15 is 0 Å². The largest absolute Gasteiger partial charge is 0.382 e. The molecule has 1 aliphatic rings. The average molecular weight is 392 g/mol. The number of pyridine rings is 1. The monoisotopic (exact) mass is 391 g/mol. The van der Waals surface area contributed by atoms with Crippen LogP contribution in [0.2, 0.25) is 5.02 Å². The number of aromatic nitrogens is 1. The molecule has 3 rings (SSSR count). The number of nitrogens with zero attached hydrogens (tertiary/aromatic N) is 3. The van der Waals surface area contributed by atoms with E-state index in [2.05, 4.69) is 15.7 Å². The fraction of sp³-hybridized carbons (Fsp3) is 0.353. The number of benzene rings is 1. The van der Waals surface area contributed by atoms with Crippen LogP contribution in [0.4, 0.5) is 5.69 Å². The first-order valence-electron chi connectivity index (χ1n) is 8.04. The standard InChI is InChI=1S/C17H18ClN5S2/c18-11-1-6-14-15(7-8-21-16(14)9-11)22-12-2-4-13(5-3-12)23(17(20)24)25-10-19/h1,6-9,12-13H,2-5H2,(H2,20,24)(H,21,22). The molecule has 1 aliphatic carbocycles. The highest BCUT2D eigenvalue weighted by Crippen LogP contribution is 2.31. The van der Waals surface area contributed by atoms with E-state index in [1.54, 1.807) is 10.5 Å². The third-order valence-electron chi connectivity index (χ3n) is 4.45. The summed E-state index contributed by atoms with van der Waals surface area (Å²) >= 11 is 12.1. The Morgan fingerprint density at radius 1 is 1.36 bits per heavy atom. The first-order valence-corrected chi connectivity index (χ1v) is 9.60. The molecule has 25 heavy (non-hydrogen) atoms. The number of hydrogen-bond donors (Lipinski definition) is 2. The van der Waals surface area contributed by atoms with Crippen LogP contribution in [-0.2, 0) is 0 Å². The van der Waals surface area contributed by atoms with E-state index in [0.29, 0.717) is 11.1 Å². The lowest BCUT2D eigenvalue weighted by molar-refractivity contribution is 0.328. The van der Waals surface area contributed by atoms with Gasteiger partial charge in [-0.1, -0.05) is 11.6 Å². The molecule has 0 unspecified atom stereocenters. The number of rotatable bonds is 4. The van der Waals surface area contributed by atoms with Crippen molar-refractivity contribution in [2.45, 2.75) is 37.8 Å². The number of nitrogens with two attached hydrogens (primary N) is 1. The van der Waals surface area contributed by atoms with E-state index in [-0.39, 0.29) is 11.2 Å². The minimum atomic E-state index is 0.216. The fourth-order valence-electron chi connectivity index (χ4n) is 3.27. The van der Waals surface area contributed by atoms with Gasteiger partial charge in [0, 0.05) is 34.4 Å². The van der Waals surface area contributed by atoms with Gasteiger partial charge in [0.2, 0.25) is 0 Å². The van der Waals surface area contributed by atoms with Crippen molar-refractivity contribution in [1.29, 1.82) is 5.26 Å². The normalized spacial score (nSPS) is 20.0. The number of thiocarbonyl (C=S) groups is 1. The quantitative estimate of drug-likeness (QED) is 0.457. The molecule has 0 aliphatic heterocycles. The van der Waals surface area contributed by atoms with Crippen LogP contribution in [0, 0.1) is 10.7 Å². The van der Waals surface area contributed by atoms with Crippen LogP contribution in [0.15, 0.2) is 30.5 Å². The van der Waals surface area contributed by atoms with Gasteiger partial charge in [-0.3, -0.25) is 9.29 Å². The van der Waals surface area contributed by atoms with Crippen molar-refractivity contribution >= 4 is 57.5 Å². The summed E-state index contributed by atoms with van der Waals surface area (Å²) in [7, 11) is 0. The third kappa shape index (κ3) is 4.27. The van der Waals surface area contributed by atoms with Crippen molar-refractivity contribution in [3.05, 3.63) is 35.5 Å². The summed E-state index contributed by atoms with van der Waals surface area (Å²) in [5.74, 6) is 0. The van der Waals surface area contributed by atoms with E-state index in [1.807, 2.05) is 24.3 Å². The number of nitriles is 1. The number of halogens is 1. The molecule has 1 fully saturated rings. The molecule has 0 amide bonds. The van der Waals surface area contributed by atoms with Crippen molar-refractivity contribution in [3.8, 4) is 5.40 Å². The van der Waals surface area contributed by atoms with Crippen LogP contribution >= 0.6 is 35.8 Å². The van der Waals surface area contributed by atoms with Gasteiger partial charge in [-0.25, -0.2) is 0 Å². The summed E-state index contributed by atoms with van der Waals surface area (Å²) in [4.78, 5) is 4.38. The van der Waals surface area contributed by atoms with Crippen LogP contribution in [0.25, 0.3) is 10.9 Å². The van der Waals surface area contributed by atoms with Gasteiger partial charge in [0.1, 0.15) is 0 Å². The zero-order chi connectivity index (χ0) is 17.8. The maximum Gasteiger partial charge on any atom is 0.177 e. The van der Waals surface area contributed by atoms with E-state index < -0.39 is 0 Å². The first-order chi connectivity index (χ1) is 12.1. The number of thiocyanates is 1. The summed E-state index contributed by atoms with van der Waals surface area (Å²) in [6.45, 7) is 0. The van der Waals surface area contributed by atoms with E-state index in [4.69, 9.17) is 34.8 Å². The predicted molar refractivity (Wildman–Crippen MR) is 108 cm³/mol. The van der Waals surface area contributed by atoms with Gasteiger partial charge in [0.15, 0.2) is 10.5 Å². The minimum absolute atomic E-state index is 0.216. The van der Waals surface area contributed by atoms with Gasteiger partial charge in [-0.05, 0) is 62.2 Å². The summed E-state index contributed by atoms with van der Waals surface area (Å²) in [6.07, 6.45) is 5.67. The Labute approximate surface area is 161 Å². The van der Waals surface area contributed by atoms with Gasteiger partial charge in [-0.15, -0.1) is 0 Å². The summed E-state index contributed by atoms with van der Waals surface area (Å²) in [6, 6.07) is 8.34. The maximum absolute atomic E-state index is 8.91. The van der Waals surface area contributed by atoms with Gasteiger partial charge in [-0.2, -0.15) is 5.26 Å². The lowest BCUT2D eigenvalue weighted by Gasteiger charge is -2.35. The molecule has 1 saturated carbocycles. The summed E-state index contributed by atoms with van der Waals surface area (Å²) < 4.78 is 1.76. The van der Waals surface area contributed by atoms with Crippen molar-refractivity contribution in [3.63, 3.8) is 0 Å². The van der Waals surface area contributed by atoms with Crippen LogP contribution in [0.1, 0.15) is 25.7 Å². The zero-order valence-electron chi connectivity index (χ0n) is 13.5. The molecule has 0 spiro atoms. The molecular formula is C17H18ClN5S2. The molecule has 3 N–H and O–H groups in total. The number of fused-ring (bicyclic) bond motifs is 1. The van der Waals surface area contributed by atoms with Crippen molar-refractivity contribution in [2.24, 2.45) is 5.73 Å². The highest BCUT2D eigenvalue weighted by atomic mass is 35.5. The molecular weight excluding hydrogens is 374 g/mol. The zero-order valence-corrected chi connectivity index (χ0v) is 15.9. The van der Waals surface area contributed by atoms with Crippen LogP contribution in [0.5, 0.6) is 0 Å². The Balaban J connectivity index is 1.67. The van der Waals surface area contributed by atoms with Crippen LogP contribution in [-0.4, -0.2) is 26.5 Å². The highest BCUT2D eigenvalue weighted by molar-refractivity contribution is 8.02. The Morgan fingerprint density at radius 3 is 2.80 bits per heavy atom. The van der Waals surface area contributed by atoms with E-state index in [9.17, 15) is 0 Å². The second-order valence-corrected chi connectivity index (χ2v) is 7.63. The third-order valence-corrected chi connectivity index (χ3v) is 5.77. The molecule has 1 heterocycles. The van der Waals surface area contributed by atoms with E-state index in [0.717, 1.165) is 54.2 Å². The maximum atomic E-state index is 8.91. The Morgan fingerprint density at radius 2 is 2.12 bits per heavy atom. The molecule has 0 saturated heterocycles. The van der Waals surface area contributed by atoms with Crippen molar-refractivity contribution in [2.75, 3.05) is 5.32 Å². The Bertz CT molecular complexity index is 814. The molecule has 8 heteroatoms. The van der Waals surface area contributed by atoms with Gasteiger partial charge >= 0.3 is 0 Å². The second kappa shape index (κ2) is 8.09. The van der Waals surface area contributed by atoms with Crippen LogP contribution in [0.3, 0.4) is 0 Å². The van der Waals surface area contributed by atoms with Crippen molar-refractivity contribution < 1.29 is 0 Å². The highest BCUT2D eigenvalue weighted by Gasteiger charge is 2.27. The van der Waals surface area contributed by atoms with E-state index in [1.165, 1.54) is 0 Å². The molecule has 0 bridgehead atoms. The Kier molecular flexibility index (Phi) is 5.84. The lowest BCUT2D eigenvalue weighted by atomic mass is 9.91. The number of nitrogens with one attached hydrogen (secondary N) is 1. The SMILES string of the molecule is N#CSN(C(N)=S)C1CCC(Nc2ccnc3cc(Cl)ccc23)CC1. The van der Waals surface area contributed by atoms with Crippen molar-refractivity contribution in [1.82, 2.24) is 9.29 Å². The first kappa shape index (κ1) is 18.1. The summed E-state index contributed by atoms with van der Waals surface area (Å²) in [5.41, 5.74) is 7.70. The average Bonchev–Trinajstić information content (AvgIpc) is 2.60. The topological polar surface area (TPSA) is 78.0 Å². The number of hydrogen-bond acceptors (Lipinski definition) is 5. The van der Waals surface area contributed by atoms with Gasteiger partial charge < -0.3 is 11.1 Å². The molecule has 1 aromatic carbocycles. The molecule has 0 atom stereocenters. The minimum Gasteiger partial charge on any atom is -0.382 e. The van der Waals surface area contributed by atoms with Gasteiger partial charge in [0.25, 0.3) is 0 Å². The molecule has 0 radical (unpaired) electrons. The number of anilines is 1. The summed E-state index contributed by atoms with van der Waals surface area (Å²) in [5, 5.41) is 16.6. The molecule has 2 aromatic rings. The van der Waals surface area contributed by atoms with Crippen LogP contribution < -0.4 is 11.1 Å². The smallest absolute Gasteiger partial charge is 0.177 e. The lowest BCUT2D eigenvalue weighted by Crippen LogP contribution is -2.42. The second-order valence-electron chi connectivity index (χ2n) is 6.02. The molecule has 5 nitrogen and oxygen atoms in total. The van der Waals surface area contributed by atoms with Gasteiger partial charge in [0.05, 0.1) is 17.5 Å². The molecule has 130 valence electrons. The fourth-order valence-corrected chi connectivity index (χ4v) is 4.23.